The minimum absolute atomic E-state index is 0.00298. The van der Waals surface area contributed by atoms with E-state index in [4.69, 9.17) is 11.6 Å². The molecule has 1 amide bonds. The number of nitrogens with one attached hydrogen (secondary N) is 1. The zero-order valence-electron chi connectivity index (χ0n) is 14.6. The summed E-state index contributed by atoms with van der Waals surface area (Å²) in [7, 11) is 1.93. The Balaban J connectivity index is 1.64. The van der Waals surface area contributed by atoms with Crippen molar-refractivity contribution in [2.24, 2.45) is 0 Å². The average Bonchev–Trinajstić information content (AvgIpc) is 3.14. The number of nitrogens with zero attached hydrogens (tertiary/aromatic N) is 1. The molecule has 0 radical (unpaired) electrons. The Kier molecular flexibility index (Phi) is 6.45. The Hall–Kier alpha value is -2.14. The highest BCUT2D eigenvalue weighted by atomic mass is 35.5. The third kappa shape index (κ3) is 5.18. The van der Waals surface area contributed by atoms with E-state index in [2.05, 4.69) is 11.4 Å². The molecule has 1 aromatic heterocycles. The van der Waals surface area contributed by atoms with Crippen LogP contribution in [-0.2, 0) is 11.3 Å². The topological polar surface area (TPSA) is 32.3 Å². The molecule has 0 saturated carbocycles. The number of carbonyl (C=O) groups is 1. The number of hydrogen-bond acceptors (Lipinski definition) is 3. The van der Waals surface area contributed by atoms with Gasteiger partial charge in [0.15, 0.2) is 0 Å². The first-order chi connectivity index (χ1) is 12.6. The molecule has 0 bridgehead atoms. The predicted octanol–water partition coefficient (Wildman–Crippen LogP) is 4.74. The van der Waals surface area contributed by atoms with Crippen molar-refractivity contribution in [3.8, 4) is 0 Å². The van der Waals surface area contributed by atoms with Crippen molar-refractivity contribution in [2.45, 2.75) is 12.6 Å². The fourth-order valence-electron chi connectivity index (χ4n) is 2.87. The zero-order valence-corrected chi connectivity index (χ0v) is 16.1. The fraction of sp³-hybridized carbons (Fsp3) is 0.190. The van der Waals surface area contributed by atoms with E-state index in [1.165, 1.54) is 0 Å². The van der Waals surface area contributed by atoms with Crippen molar-refractivity contribution in [2.75, 3.05) is 13.6 Å². The molecule has 5 heteroatoms. The molecule has 2 aromatic carbocycles. The monoisotopic (exact) mass is 384 g/mol. The third-order valence-corrected chi connectivity index (χ3v) is 5.19. The molecule has 3 aromatic rings. The second-order valence-electron chi connectivity index (χ2n) is 6.23. The van der Waals surface area contributed by atoms with Gasteiger partial charge in [-0.15, -0.1) is 11.3 Å². The third-order valence-electron chi connectivity index (χ3n) is 4.02. The lowest BCUT2D eigenvalue weighted by molar-refractivity contribution is -0.122. The first kappa shape index (κ1) is 18.6. The van der Waals surface area contributed by atoms with E-state index in [0.717, 1.165) is 16.0 Å². The van der Waals surface area contributed by atoms with E-state index in [9.17, 15) is 4.79 Å². The van der Waals surface area contributed by atoms with Gasteiger partial charge in [-0.25, -0.2) is 0 Å². The lowest BCUT2D eigenvalue weighted by Crippen LogP contribution is -2.37. The number of amides is 1. The van der Waals surface area contributed by atoms with Crippen LogP contribution in [0.5, 0.6) is 0 Å². The average molecular weight is 385 g/mol. The van der Waals surface area contributed by atoms with Crippen LogP contribution in [0.4, 0.5) is 0 Å². The van der Waals surface area contributed by atoms with Crippen LogP contribution < -0.4 is 5.32 Å². The van der Waals surface area contributed by atoms with Gasteiger partial charge in [-0.2, -0.15) is 0 Å². The quantitative estimate of drug-likeness (QED) is 0.638. The Morgan fingerprint density at radius 2 is 1.92 bits per heavy atom. The van der Waals surface area contributed by atoms with E-state index < -0.39 is 0 Å². The highest BCUT2D eigenvalue weighted by molar-refractivity contribution is 7.10. The Morgan fingerprint density at radius 3 is 2.62 bits per heavy atom. The minimum Gasteiger partial charge on any atom is -0.343 e. The largest absolute Gasteiger partial charge is 0.343 e. The van der Waals surface area contributed by atoms with Crippen LogP contribution >= 0.6 is 22.9 Å². The molecule has 0 aliphatic rings. The van der Waals surface area contributed by atoms with Gasteiger partial charge in [0.25, 0.3) is 0 Å². The van der Waals surface area contributed by atoms with Crippen molar-refractivity contribution in [3.05, 3.63) is 93.1 Å². The highest BCUT2D eigenvalue weighted by Gasteiger charge is 2.18. The molecule has 3 nitrogen and oxygen atoms in total. The second kappa shape index (κ2) is 8.99. The van der Waals surface area contributed by atoms with Crippen molar-refractivity contribution in [3.63, 3.8) is 0 Å². The standard InChI is InChI=1S/C21H21ClN2OS/c1-24(14-16-7-5-10-18(22)13-16)15-20(25)23-21(19-11-6-12-26-19)17-8-3-2-4-9-17/h2-13,21H,14-15H2,1H3,(H,23,25)/t21-/m0/s1. The van der Waals surface area contributed by atoms with Gasteiger partial charge in [-0.1, -0.05) is 60.1 Å². The van der Waals surface area contributed by atoms with Gasteiger partial charge in [-0.3, -0.25) is 9.69 Å². The Morgan fingerprint density at radius 1 is 1.12 bits per heavy atom. The number of likely N-dealkylation sites (N-methyl/N-ethyl adjacent to an activating group) is 1. The van der Waals surface area contributed by atoms with E-state index in [-0.39, 0.29) is 11.9 Å². The molecule has 0 aliphatic heterocycles. The van der Waals surface area contributed by atoms with Crippen molar-refractivity contribution in [1.29, 1.82) is 0 Å². The summed E-state index contributed by atoms with van der Waals surface area (Å²) in [5, 5.41) is 5.91. The van der Waals surface area contributed by atoms with E-state index in [1.807, 2.05) is 78.0 Å². The molecule has 134 valence electrons. The molecule has 1 heterocycles. The molecule has 0 unspecified atom stereocenters. The van der Waals surface area contributed by atoms with Crippen molar-refractivity contribution in [1.82, 2.24) is 10.2 Å². The summed E-state index contributed by atoms with van der Waals surface area (Å²) in [6, 6.07) is 21.7. The highest BCUT2D eigenvalue weighted by Crippen LogP contribution is 2.25. The Labute approximate surface area is 163 Å². The first-order valence-corrected chi connectivity index (χ1v) is 9.68. The molecule has 0 aliphatic carbocycles. The normalized spacial score (nSPS) is 12.1. The van der Waals surface area contributed by atoms with Gasteiger partial charge >= 0.3 is 0 Å². The van der Waals surface area contributed by atoms with Gasteiger partial charge in [-0.05, 0) is 41.8 Å². The number of benzene rings is 2. The van der Waals surface area contributed by atoms with E-state index in [0.29, 0.717) is 18.1 Å². The predicted molar refractivity (Wildman–Crippen MR) is 109 cm³/mol. The van der Waals surface area contributed by atoms with Gasteiger partial charge in [0.05, 0.1) is 12.6 Å². The van der Waals surface area contributed by atoms with Crippen molar-refractivity contribution < 1.29 is 4.79 Å². The number of rotatable bonds is 7. The van der Waals surface area contributed by atoms with Gasteiger partial charge in [0, 0.05) is 16.4 Å². The second-order valence-corrected chi connectivity index (χ2v) is 7.64. The maximum absolute atomic E-state index is 12.6. The SMILES string of the molecule is CN(CC(=O)N[C@@H](c1ccccc1)c1cccs1)Cc1cccc(Cl)c1. The van der Waals surface area contributed by atoms with Crippen LogP contribution in [0.2, 0.25) is 5.02 Å². The molecule has 0 saturated heterocycles. The first-order valence-electron chi connectivity index (χ1n) is 8.42. The number of halogens is 1. The summed E-state index contributed by atoms with van der Waals surface area (Å²) in [5.74, 6) is -0.00298. The summed E-state index contributed by atoms with van der Waals surface area (Å²) in [6.45, 7) is 0.990. The maximum atomic E-state index is 12.6. The van der Waals surface area contributed by atoms with Crippen LogP contribution in [0.25, 0.3) is 0 Å². The molecule has 3 rings (SSSR count). The number of thiophene rings is 1. The van der Waals surface area contributed by atoms with Crippen molar-refractivity contribution >= 4 is 28.8 Å². The molecule has 0 fully saturated rings. The van der Waals surface area contributed by atoms with Crippen LogP contribution in [0.3, 0.4) is 0 Å². The summed E-state index contributed by atoms with van der Waals surface area (Å²) < 4.78 is 0. The molecule has 1 N–H and O–H groups in total. The Bertz CT molecular complexity index is 836. The van der Waals surface area contributed by atoms with E-state index >= 15 is 0 Å². The number of carbonyl (C=O) groups excluding carboxylic acids is 1. The van der Waals surface area contributed by atoms with Crippen LogP contribution in [-0.4, -0.2) is 24.4 Å². The maximum Gasteiger partial charge on any atom is 0.234 e. The summed E-state index contributed by atoms with van der Waals surface area (Å²) >= 11 is 7.68. The smallest absolute Gasteiger partial charge is 0.234 e. The fourth-order valence-corrected chi connectivity index (χ4v) is 3.89. The zero-order chi connectivity index (χ0) is 18.4. The van der Waals surface area contributed by atoms with Crippen LogP contribution in [0, 0.1) is 0 Å². The minimum atomic E-state index is -0.122. The van der Waals surface area contributed by atoms with Crippen LogP contribution in [0.1, 0.15) is 22.0 Å². The summed E-state index contributed by atoms with van der Waals surface area (Å²) in [4.78, 5) is 15.7. The molecule has 0 spiro atoms. The lowest BCUT2D eigenvalue weighted by atomic mass is 10.1. The van der Waals surface area contributed by atoms with Gasteiger partial charge < -0.3 is 5.32 Å². The molecule has 26 heavy (non-hydrogen) atoms. The molecule has 1 atom stereocenters. The van der Waals surface area contributed by atoms with Gasteiger partial charge in [0.2, 0.25) is 5.91 Å². The van der Waals surface area contributed by atoms with Crippen LogP contribution in [0.15, 0.2) is 72.1 Å². The lowest BCUT2D eigenvalue weighted by Gasteiger charge is -2.21. The molecular weight excluding hydrogens is 364 g/mol. The summed E-state index contributed by atoms with van der Waals surface area (Å²) in [6.07, 6.45) is 0. The molecular formula is C21H21ClN2OS. The summed E-state index contributed by atoms with van der Waals surface area (Å²) in [5.41, 5.74) is 2.17. The van der Waals surface area contributed by atoms with E-state index in [1.54, 1.807) is 11.3 Å². The number of hydrogen-bond donors (Lipinski definition) is 1. The van der Waals surface area contributed by atoms with Gasteiger partial charge in [0.1, 0.15) is 0 Å².